The molecule has 1 saturated heterocycles. The molecule has 1 aliphatic rings. The highest BCUT2D eigenvalue weighted by Crippen LogP contribution is 2.29. The summed E-state index contributed by atoms with van der Waals surface area (Å²) in [5.74, 6) is 1.10. The second kappa shape index (κ2) is 11.7. The lowest BCUT2D eigenvalue weighted by atomic mass is 10.0. The first-order valence-electron chi connectivity index (χ1n) is 12.8. The van der Waals surface area contributed by atoms with Crippen LogP contribution in [0.4, 0.5) is 17.5 Å². The highest BCUT2D eigenvalue weighted by molar-refractivity contribution is 7.97. The van der Waals surface area contributed by atoms with Gasteiger partial charge in [-0.3, -0.25) is 23.9 Å². The first kappa shape index (κ1) is 27.7. The van der Waals surface area contributed by atoms with Crippen LogP contribution in [0, 0.1) is 6.92 Å². The number of fused-ring (bicyclic) bond motifs is 1. The normalized spacial score (nSPS) is 14.3. The molecular weight excluding hydrogens is 550 g/mol. The van der Waals surface area contributed by atoms with E-state index in [0.29, 0.717) is 35.6 Å². The minimum atomic E-state index is -0.353. The maximum absolute atomic E-state index is 13.6. The number of hydrogen-bond acceptors (Lipinski definition) is 10. The van der Waals surface area contributed by atoms with Gasteiger partial charge in [0.05, 0.1) is 28.8 Å². The first-order valence-corrected chi connectivity index (χ1v) is 14.4. The van der Waals surface area contributed by atoms with Crippen LogP contribution in [0.25, 0.3) is 10.9 Å². The molecule has 1 fully saturated rings. The molecule has 0 saturated carbocycles. The number of hydrogen-bond donors (Lipinski definition) is 2. The van der Waals surface area contributed by atoms with Gasteiger partial charge in [-0.05, 0) is 37.6 Å². The lowest BCUT2D eigenvalue weighted by Crippen LogP contribution is -2.48. The summed E-state index contributed by atoms with van der Waals surface area (Å²) in [4.78, 5) is 48.4. The highest BCUT2D eigenvalue weighted by Gasteiger charge is 2.24. The Balaban J connectivity index is 1.49. The maximum Gasteiger partial charge on any atom is 0.281 e. The Labute approximate surface area is 241 Å². The Hall–Kier alpha value is -3.90. The van der Waals surface area contributed by atoms with Gasteiger partial charge in [-0.2, -0.15) is 0 Å². The number of amides is 1. The van der Waals surface area contributed by atoms with E-state index >= 15 is 0 Å². The Morgan fingerprint density at radius 3 is 2.55 bits per heavy atom. The van der Waals surface area contributed by atoms with E-state index in [1.165, 1.54) is 11.9 Å². The van der Waals surface area contributed by atoms with Crippen molar-refractivity contribution in [1.82, 2.24) is 29.2 Å². The van der Waals surface area contributed by atoms with E-state index in [-0.39, 0.29) is 28.4 Å². The van der Waals surface area contributed by atoms with Crippen molar-refractivity contribution in [3.63, 3.8) is 0 Å². The zero-order valence-electron chi connectivity index (χ0n) is 22.7. The fraction of sp³-hybridized carbons (Fsp3) is 0.333. The molecule has 0 aliphatic carbocycles. The van der Waals surface area contributed by atoms with Crippen LogP contribution in [0.15, 0.2) is 47.7 Å². The lowest BCUT2D eigenvalue weighted by molar-refractivity contribution is 0.0980. The lowest BCUT2D eigenvalue weighted by Gasteiger charge is -2.36. The number of anilines is 3. The second-order valence-electron chi connectivity index (χ2n) is 9.60. The fourth-order valence-corrected chi connectivity index (χ4v) is 5.35. The van der Waals surface area contributed by atoms with E-state index in [0.717, 1.165) is 30.0 Å². The van der Waals surface area contributed by atoms with Gasteiger partial charge in [0.1, 0.15) is 11.0 Å². The molecule has 1 aliphatic heterocycles. The van der Waals surface area contributed by atoms with Crippen molar-refractivity contribution in [2.24, 2.45) is 7.05 Å². The van der Waals surface area contributed by atoms with E-state index in [9.17, 15) is 9.59 Å². The van der Waals surface area contributed by atoms with Crippen molar-refractivity contribution in [3.05, 3.63) is 75.2 Å². The van der Waals surface area contributed by atoms with Crippen molar-refractivity contribution in [2.45, 2.75) is 19.9 Å². The zero-order valence-corrected chi connectivity index (χ0v) is 24.3. The Morgan fingerprint density at radius 1 is 1.10 bits per heavy atom. The van der Waals surface area contributed by atoms with Crippen LogP contribution in [-0.4, -0.2) is 62.8 Å². The number of carbonyl (C=O) groups is 1. The molecule has 1 aromatic carbocycles. The molecule has 13 heteroatoms. The van der Waals surface area contributed by atoms with Gasteiger partial charge in [0.15, 0.2) is 5.69 Å². The average molecular weight is 580 g/mol. The third-order valence-electron chi connectivity index (χ3n) is 6.88. The summed E-state index contributed by atoms with van der Waals surface area (Å²) in [6, 6.07) is 6.96. The predicted octanol–water partition coefficient (Wildman–Crippen LogP) is 3.59. The molecule has 1 unspecified atom stereocenters. The van der Waals surface area contributed by atoms with Crippen LogP contribution >= 0.6 is 23.5 Å². The summed E-state index contributed by atoms with van der Waals surface area (Å²) in [6.45, 7) is 6.75. The zero-order chi connectivity index (χ0) is 28.4. The predicted molar refractivity (Wildman–Crippen MR) is 160 cm³/mol. The number of halogens is 1. The molecule has 2 N–H and O–H groups in total. The molecule has 4 heterocycles. The van der Waals surface area contributed by atoms with Crippen molar-refractivity contribution in [2.75, 3.05) is 47.6 Å². The van der Waals surface area contributed by atoms with Crippen molar-refractivity contribution >= 4 is 57.8 Å². The molecule has 0 bridgehead atoms. The Bertz CT molecular complexity index is 1610. The topological polar surface area (TPSA) is 121 Å². The number of aromatic nitrogens is 5. The highest BCUT2D eigenvalue weighted by atomic mass is 35.5. The van der Waals surface area contributed by atoms with Gasteiger partial charge in [0.2, 0.25) is 5.95 Å². The van der Waals surface area contributed by atoms with Crippen molar-refractivity contribution in [3.8, 4) is 0 Å². The summed E-state index contributed by atoms with van der Waals surface area (Å²) in [5.41, 5.74) is 3.02. The summed E-state index contributed by atoms with van der Waals surface area (Å²) >= 11 is 7.28. The first-order chi connectivity index (χ1) is 19.3. The third kappa shape index (κ3) is 5.54. The van der Waals surface area contributed by atoms with Crippen LogP contribution in [0.5, 0.6) is 0 Å². The maximum atomic E-state index is 13.6. The molecule has 1 amide bonds. The molecule has 0 radical (unpaired) electrons. The SMILES string of the molecule is CSNC(=O)c1nc(Cl)ccc1NC(C)c1cc(C)cc2c(=O)n(C)c(N3CCN(c4cnccn4)CC3)nc12. The van der Waals surface area contributed by atoms with Gasteiger partial charge in [0.25, 0.3) is 11.5 Å². The fourth-order valence-electron chi connectivity index (χ4n) is 4.92. The van der Waals surface area contributed by atoms with E-state index in [1.807, 2.05) is 26.0 Å². The van der Waals surface area contributed by atoms with Gasteiger partial charge in [-0.25, -0.2) is 15.0 Å². The second-order valence-corrected chi connectivity index (χ2v) is 10.6. The Morgan fingerprint density at radius 2 is 1.85 bits per heavy atom. The van der Waals surface area contributed by atoms with E-state index in [2.05, 4.69) is 34.8 Å². The van der Waals surface area contributed by atoms with Crippen molar-refractivity contribution in [1.29, 1.82) is 0 Å². The van der Waals surface area contributed by atoms with Gasteiger partial charge in [-0.15, -0.1) is 0 Å². The summed E-state index contributed by atoms with van der Waals surface area (Å²) < 4.78 is 4.32. The molecule has 4 aromatic rings. The summed E-state index contributed by atoms with van der Waals surface area (Å²) in [7, 11) is 1.76. The number of carbonyl (C=O) groups excluding carboxylic acids is 1. The molecule has 1 atom stereocenters. The van der Waals surface area contributed by atoms with Gasteiger partial charge >= 0.3 is 0 Å². The molecule has 3 aromatic heterocycles. The number of aryl methyl sites for hydroxylation is 1. The van der Waals surface area contributed by atoms with Crippen LogP contribution in [0.3, 0.4) is 0 Å². The molecule has 40 heavy (non-hydrogen) atoms. The number of nitrogens with one attached hydrogen (secondary N) is 2. The summed E-state index contributed by atoms with van der Waals surface area (Å²) in [5, 5.41) is 4.16. The quantitative estimate of drug-likeness (QED) is 0.248. The number of nitrogens with zero attached hydrogens (tertiary/aromatic N) is 7. The standard InChI is InChI=1S/C27H30ClN9O2S/c1-16-13-18(17(2)31-20-5-6-21(28)32-24(20)25(38)34-40-4)23-19(14-16)26(39)35(3)27(33-23)37-11-9-36(10-12-37)22-15-29-7-8-30-22/h5-8,13-15,17,31H,9-12H2,1-4H3,(H,34,38). The van der Waals surface area contributed by atoms with Crippen molar-refractivity contribution < 1.29 is 4.79 Å². The largest absolute Gasteiger partial charge is 0.377 e. The van der Waals surface area contributed by atoms with Gasteiger partial charge in [0, 0.05) is 57.4 Å². The number of rotatable bonds is 7. The third-order valence-corrected chi connectivity index (χ3v) is 7.48. The minimum absolute atomic E-state index is 0.110. The number of piperazine rings is 1. The van der Waals surface area contributed by atoms with E-state index < -0.39 is 0 Å². The molecule has 11 nitrogen and oxygen atoms in total. The van der Waals surface area contributed by atoms with Crippen LogP contribution in [0.2, 0.25) is 5.15 Å². The number of pyridine rings is 1. The average Bonchev–Trinajstić information content (AvgIpc) is 2.96. The minimum Gasteiger partial charge on any atom is -0.377 e. The monoisotopic (exact) mass is 579 g/mol. The Kier molecular flexibility index (Phi) is 8.08. The van der Waals surface area contributed by atoms with Gasteiger partial charge in [-0.1, -0.05) is 29.6 Å². The molecule has 208 valence electrons. The molecule has 0 spiro atoms. The molecule has 5 rings (SSSR count). The summed E-state index contributed by atoms with van der Waals surface area (Å²) in [6.07, 6.45) is 6.87. The van der Waals surface area contributed by atoms with Crippen LogP contribution in [-0.2, 0) is 7.05 Å². The molecular formula is C27H30ClN9O2S. The van der Waals surface area contributed by atoms with E-state index in [1.54, 1.807) is 48.6 Å². The van der Waals surface area contributed by atoms with Crippen LogP contribution < -0.4 is 25.4 Å². The van der Waals surface area contributed by atoms with Gasteiger partial charge < -0.3 is 15.1 Å². The van der Waals surface area contributed by atoms with Crippen LogP contribution in [0.1, 0.15) is 34.6 Å². The smallest absolute Gasteiger partial charge is 0.281 e. The number of benzene rings is 1. The van der Waals surface area contributed by atoms with E-state index in [4.69, 9.17) is 16.6 Å².